The van der Waals surface area contributed by atoms with Gasteiger partial charge in [-0.3, -0.25) is 4.55 Å². The molecular formula is C26H46O3S. The molecule has 0 heterocycles. The van der Waals surface area contributed by atoms with Gasteiger partial charge in [0.25, 0.3) is 10.1 Å². The van der Waals surface area contributed by atoms with Crippen LogP contribution in [0.1, 0.15) is 126 Å². The first kappa shape index (κ1) is 27.2. The van der Waals surface area contributed by atoms with Crippen LogP contribution in [0, 0.1) is 13.8 Å². The maximum Gasteiger partial charge on any atom is 0.294 e. The van der Waals surface area contributed by atoms with Crippen LogP contribution in [0.3, 0.4) is 0 Å². The number of rotatable bonds is 18. The SMILES string of the molecule is CCCCCCCCCCCCCCCCCCc1c(S(=O)(=O)O)ccc(C)c1C. The molecule has 0 spiro atoms. The highest BCUT2D eigenvalue weighted by atomic mass is 32.2. The second-order valence-electron chi connectivity index (χ2n) is 9.01. The molecule has 4 heteroatoms. The van der Waals surface area contributed by atoms with E-state index >= 15 is 0 Å². The highest BCUT2D eigenvalue weighted by Crippen LogP contribution is 2.24. The highest BCUT2D eigenvalue weighted by molar-refractivity contribution is 7.85. The molecule has 0 unspecified atom stereocenters. The van der Waals surface area contributed by atoms with Crippen LogP contribution >= 0.6 is 0 Å². The van der Waals surface area contributed by atoms with Crippen molar-refractivity contribution in [3.63, 3.8) is 0 Å². The summed E-state index contributed by atoms with van der Waals surface area (Å²) >= 11 is 0. The third-order valence-electron chi connectivity index (χ3n) is 6.38. The third-order valence-corrected chi connectivity index (χ3v) is 7.32. The lowest BCUT2D eigenvalue weighted by Gasteiger charge is -2.13. The minimum absolute atomic E-state index is 0.0894. The van der Waals surface area contributed by atoms with Gasteiger partial charge in [0.2, 0.25) is 0 Å². The van der Waals surface area contributed by atoms with Gasteiger partial charge in [0, 0.05) is 0 Å². The van der Waals surface area contributed by atoms with Gasteiger partial charge < -0.3 is 0 Å². The van der Waals surface area contributed by atoms with Crippen molar-refractivity contribution >= 4 is 10.1 Å². The van der Waals surface area contributed by atoms with Gasteiger partial charge in [-0.1, -0.05) is 109 Å². The van der Waals surface area contributed by atoms with Gasteiger partial charge in [-0.2, -0.15) is 8.42 Å². The summed E-state index contributed by atoms with van der Waals surface area (Å²) in [5.74, 6) is 0. The summed E-state index contributed by atoms with van der Waals surface area (Å²) < 4.78 is 32.8. The molecule has 1 aromatic carbocycles. The Morgan fingerprint density at radius 3 is 1.47 bits per heavy atom. The third kappa shape index (κ3) is 11.5. The summed E-state index contributed by atoms with van der Waals surface area (Å²) in [4.78, 5) is 0.0894. The van der Waals surface area contributed by atoms with E-state index in [1.807, 2.05) is 13.8 Å². The lowest BCUT2D eigenvalue weighted by molar-refractivity contribution is 0.481. The van der Waals surface area contributed by atoms with Gasteiger partial charge in [-0.25, -0.2) is 0 Å². The fourth-order valence-corrected chi connectivity index (χ4v) is 5.06. The Morgan fingerprint density at radius 2 is 1.07 bits per heavy atom. The molecule has 174 valence electrons. The van der Waals surface area contributed by atoms with E-state index in [0.717, 1.165) is 36.0 Å². The van der Waals surface area contributed by atoms with Crippen LogP contribution in [-0.4, -0.2) is 13.0 Å². The fourth-order valence-electron chi connectivity index (χ4n) is 4.25. The van der Waals surface area contributed by atoms with Crippen LogP contribution in [0.2, 0.25) is 0 Å². The molecule has 0 atom stereocenters. The maximum atomic E-state index is 11.6. The number of unbranched alkanes of at least 4 members (excludes halogenated alkanes) is 15. The molecule has 0 aliphatic rings. The van der Waals surface area contributed by atoms with E-state index in [0.29, 0.717) is 0 Å². The predicted molar refractivity (Wildman–Crippen MR) is 129 cm³/mol. The maximum absolute atomic E-state index is 11.6. The van der Waals surface area contributed by atoms with Crippen LogP contribution in [0.15, 0.2) is 17.0 Å². The largest absolute Gasteiger partial charge is 0.294 e. The average molecular weight is 439 g/mol. The molecule has 0 aromatic heterocycles. The molecule has 0 fully saturated rings. The lowest BCUT2D eigenvalue weighted by Crippen LogP contribution is -2.06. The predicted octanol–water partition coefficient (Wildman–Crippen LogP) is 8.35. The number of benzene rings is 1. The van der Waals surface area contributed by atoms with Crippen molar-refractivity contribution in [1.29, 1.82) is 0 Å². The molecule has 1 rings (SSSR count). The van der Waals surface area contributed by atoms with Crippen molar-refractivity contribution in [2.45, 2.75) is 135 Å². The Balaban J connectivity index is 2.05. The van der Waals surface area contributed by atoms with Crippen molar-refractivity contribution in [2.75, 3.05) is 0 Å². The molecule has 0 radical (unpaired) electrons. The van der Waals surface area contributed by atoms with Crippen LogP contribution in [-0.2, 0) is 16.5 Å². The Kier molecular flexibility index (Phi) is 14.4. The average Bonchev–Trinajstić information content (AvgIpc) is 2.69. The second-order valence-corrected chi connectivity index (χ2v) is 10.4. The standard InChI is InChI=1S/C26H46O3S/c1-4-5-6-7-8-9-10-11-12-13-14-15-16-17-18-19-20-25-24(3)23(2)21-22-26(25)30(27,28)29/h21-22H,4-20H2,1-3H3,(H,27,28,29). The summed E-state index contributed by atoms with van der Waals surface area (Å²) in [6.07, 6.45) is 22.0. The normalized spacial score (nSPS) is 11.9. The highest BCUT2D eigenvalue weighted by Gasteiger charge is 2.17. The van der Waals surface area contributed by atoms with Gasteiger partial charge in [0.05, 0.1) is 4.90 Å². The van der Waals surface area contributed by atoms with E-state index in [1.165, 1.54) is 89.9 Å². The molecule has 30 heavy (non-hydrogen) atoms. The zero-order valence-corrected chi connectivity index (χ0v) is 20.7. The first-order valence-corrected chi connectivity index (χ1v) is 13.9. The van der Waals surface area contributed by atoms with Crippen LogP contribution in [0.5, 0.6) is 0 Å². The van der Waals surface area contributed by atoms with Crippen molar-refractivity contribution in [3.8, 4) is 0 Å². The smallest absolute Gasteiger partial charge is 0.282 e. The quantitative estimate of drug-likeness (QED) is 0.185. The molecule has 1 aromatic rings. The molecule has 3 nitrogen and oxygen atoms in total. The van der Waals surface area contributed by atoms with E-state index in [2.05, 4.69) is 6.92 Å². The van der Waals surface area contributed by atoms with Crippen molar-refractivity contribution < 1.29 is 13.0 Å². The Bertz CT molecular complexity index is 680. The minimum Gasteiger partial charge on any atom is -0.282 e. The van der Waals surface area contributed by atoms with Gasteiger partial charge in [-0.15, -0.1) is 0 Å². The summed E-state index contributed by atoms with van der Waals surface area (Å²) in [5.41, 5.74) is 2.86. The summed E-state index contributed by atoms with van der Waals surface area (Å²) in [6.45, 7) is 6.21. The van der Waals surface area contributed by atoms with E-state index in [4.69, 9.17) is 0 Å². The van der Waals surface area contributed by atoms with Gasteiger partial charge in [-0.05, 0) is 49.4 Å². The molecule has 0 aliphatic carbocycles. The van der Waals surface area contributed by atoms with Crippen LogP contribution < -0.4 is 0 Å². The van der Waals surface area contributed by atoms with E-state index in [1.54, 1.807) is 12.1 Å². The Labute approximate surface area is 186 Å². The molecule has 0 bridgehead atoms. The molecule has 0 aliphatic heterocycles. The fraction of sp³-hybridized carbons (Fsp3) is 0.769. The van der Waals surface area contributed by atoms with Gasteiger partial charge in [0.1, 0.15) is 0 Å². The molecule has 0 amide bonds. The summed E-state index contributed by atoms with van der Waals surface area (Å²) in [7, 11) is -4.14. The summed E-state index contributed by atoms with van der Waals surface area (Å²) in [6, 6.07) is 3.31. The second kappa shape index (κ2) is 15.9. The van der Waals surface area contributed by atoms with Crippen molar-refractivity contribution in [2.24, 2.45) is 0 Å². The number of hydrogen-bond donors (Lipinski definition) is 1. The van der Waals surface area contributed by atoms with Gasteiger partial charge >= 0.3 is 0 Å². The first-order valence-electron chi connectivity index (χ1n) is 12.4. The topological polar surface area (TPSA) is 54.4 Å². The number of aryl methyl sites for hydroxylation is 1. The first-order chi connectivity index (χ1) is 14.4. The molecular weight excluding hydrogens is 392 g/mol. The lowest BCUT2D eigenvalue weighted by atomic mass is 9.97. The zero-order chi connectivity index (χ0) is 22.2. The van der Waals surface area contributed by atoms with Gasteiger partial charge in [0.15, 0.2) is 0 Å². The zero-order valence-electron chi connectivity index (χ0n) is 19.8. The monoisotopic (exact) mass is 438 g/mol. The molecule has 0 saturated carbocycles. The van der Waals surface area contributed by atoms with Crippen molar-refractivity contribution in [1.82, 2.24) is 0 Å². The Morgan fingerprint density at radius 1 is 0.667 bits per heavy atom. The number of hydrogen-bond acceptors (Lipinski definition) is 2. The minimum atomic E-state index is -4.14. The van der Waals surface area contributed by atoms with E-state index in [9.17, 15) is 13.0 Å². The summed E-state index contributed by atoms with van der Waals surface area (Å²) in [5, 5.41) is 0. The van der Waals surface area contributed by atoms with Crippen molar-refractivity contribution in [3.05, 3.63) is 28.8 Å². The molecule has 0 saturated heterocycles. The molecule has 1 N–H and O–H groups in total. The Hall–Kier alpha value is -0.870. The van der Waals surface area contributed by atoms with Crippen LogP contribution in [0.4, 0.5) is 0 Å². The van der Waals surface area contributed by atoms with E-state index < -0.39 is 10.1 Å². The van der Waals surface area contributed by atoms with E-state index in [-0.39, 0.29) is 4.90 Å². The van der Waals surface area contributed by atoms with Crippen LogP contribution in [0.25, 0.3) is 0 Å².